The lowest BCUT2D eigenvalue weighted by Crippen LogP contribution is -2.52. The lowest BCUT2D eigenvalue weighted by molar-refractivity contribution is -0.141. The molecule has 0 fully saturated rings. The van der Waals surface area contributed by atoms with Crippen LogP contribution in [0.4, 0.5) is 10.5 Å². The summed E-state index contributed by atoms with van der Waals surface area (Å²) in [6.07, 6.45) is 3.33. The van der Waals surface area contributed by atoms with Crippen LogP contribution in [-0.2, 0) is 19.1 Å². The molecule has 0 spiro atoms. The molecule has 2 unspecified atom stereocenters. The average molecular weight is 583 g/mol. The summed E-state index contributed by atoms with van der Waals surface area (Å²) in [5.41, 5.74) is 6.19. The predicted molar refractivity (Wildman–Crippen MR) is 163 cm³/mol. The molecular weight excluding hydrogens is 536 g/mol. The minimum absolute atomic E-state index is 0.0906. The van der Waals surface area contributed by atoms with E-state index in [0.717, 1.165) is 31.2 Å². The number of rotatable bonds is 15. The zero-order valence-electron chi connectivity index (χ0n) is 25.4. The van der Waals surface area contributed by atoms with Gasteiger partial charge in [-0.25, -0.2) is 4.79 Å². The Labute approximate surface area is 249 Å². The van der Waals surface area contributed by atoms with Crippen LogP contribution in [0.1, 0.15) is 89.8 Å². The molecule has 0 saturated carbocycles. The van der Waals surface area contributed by atoms with Crippen molar-refractivity contribution in [1.29, 1.82) is 0 Å². The third kappa shape index (κ3) is 11.1. The summed E-state index contributed by atoms with van der Waals surface area (Å²) in [5, 5.41) is 16.3. The number of amides is 4. The molecule has 230 valence electrons. The number of hydrogen-bond acceptors (Lipinski definition) is 6. The highest BCUT2D eigenvalue weighted by Crippen LogP contribution is 2.32. The first-order valence-corrected chi connectivity index (χ1v) is 14.6. The largest absolute Gasteiger partial charge is 0.508 e. The maximum atomic E-state index is 14.3. The van der Waals surface area contributed by atoms with Gasteiger partial charge < -0.3 is 31.1 Å². The van der Waals surface area contributed by atoms with E-state index in [1.807, 2.05) is 19.1 Å². The van der Waals surface area contributed by atoms with Gasteiger partial charge in [-0.2, -0.15) is 0 Å². The normalized spacial score (nSPS) is 12.6. The lowest BCUT2D eigenvalue weighted by Gasteiger charge is -2.35. The number of nitrogens with two attached hydrogens (primary N) is 1. The molecule has 4 amide bonds. The summed E-state index contributed by atoms with van der Waals surface area (Å²) in [6, 6.07) is 11.2. The maximum absolute atomic E-state index is 14.3. The number of nitrogens with one attached hydrogen (secondary N) is 2. The van der Waals surface area contributed by atoms with Crippen LogP contribution >= 0.6 is 0 Å². The zero-order valence-corrected chi connectivity index (χ0v) is 25.4. The number of primary amides is 1. The van der Waals surface area contributed by atoms with Gasteiger partial charge in [0.2, 0.25) is 11.8 Å². The second-order valence-electron chi connectivity index (χ2n) is 11.4. The second-order valence-corrected chi connectivity index (χ2v) is 11.4. The molecule has 0 aromatic heterocycles. The summed E-state index contributed by atoms with van der Waals surface area (Å²) >= 11 is 0. The van der Waals surface area contributed by atoms with Gasteiger partial charge in [0, 0.05) is 24.2 Å². The van der Waals surface area contributed by atoms with E-state index in [1.165, 1.54) is 11.0 Å². The van der Waals surface area contributed by atoms with Crippen LogP contribution in [-0.4, -0.2) is 52.0 Å². The molecule has 0 aliphatic heterocycles. The Kier molecular flexibility index (Phi) is 13.3. The quantitative estimate of drug-likeness (QED) is 0.208. The van der Waals surface area contributed by atoms with Gasteiger partial charge in [0.25, 0.3) is 5.91 Å². The zero-order chi connectivity index (χ0) is 31.3. The molecule has 0 aliphatic rings. The van der Waals surface area contributed by atoms with Crippen LogP contribution in [0.25, 0.3) is 0 Å². The average Bonchev–Trinajstić information content (AvgIpc) is 2.90. The Balaban J connectivity index is 2.56. The lowest BCUT2D eigenvalue weighted by atomic mass is 9.99. The highest BCUT2D eigenvalue weighted by molar-refractivity contribution is 5.99. The molecule has 2 rings (SSSR count). The van der Waals surface area contributed by atoms with Crippen molar-refractivity contribution in [3.63, 3.8) is 0 Å². The van der Waals surface area contributed by atoms with E-state index >= 15 is 0 Å². The number of phenolic OH excluding ortho intramolecular Hbond substituents is 1. The second kappa shape index (κ2) is 16.4. The third-order valence-corrected chi connectivity index (χ3v) is 6.65. The number of aromatic hydroxyl groups is 1. The molecule has 0 heterocycles. The van der Waals surface area contributed by atoms with Gasteiger partial charge in [0.05, 0.1) is 0 Å². The van der Waals surface area contributed by atoms with Crippen molar-refractivity contribution in [3.05, 3.63) is 59.7 Å². The Morgan fingerprint density at radius 2 is 1.62 bits per heavy atom. The van der Waals surface area contributed by atoms with Crippen molar-refractivity contribution in [2.45, 2.75) is 97.2 Å². The number of carbonyl (C=O) groups excluding carboxylic acids is 4. The molecule has 2 atom stereocenters. The van der Waals surface area contributed by atoms with Gasteiger partial charge in [-0.3, -0.25) is 14.4 Å². The van der Waals surface area contributed by atoms with Crippen LogP contribution in [0.3, 0.4) is 0 Å². The number of unbranched alkanes of at least 4 members (excludes halogenated alkanes) is 4. The molecule has 2 aromatic carbocycles. The van der Waals surface area contributed by atoms with Crippen molar-refractivity contribution < 1.29 is 29.0 Å². The van der Waals surface area contributed by atoms with Gasteiger partial charge in [-0.15, -0.1) is 0 Å². The Bertz CT molecular complexity index is 1210. The van der Waals surface area contributed by atoms with E-state index in [4.69, 9.17) is 10.5 Å². The first-order valence-electron chi connectivity index (χ1n) is 14.6. The van der Waals surface area contributed by atoms with Gasteiger partial charge in [0.1, 0.15) is 23.4 Å². The van der Waals surface area contributed by atoms with Crippen molar-refractivity contribution in [3.8, 4) is 5.75 Å². The van der Waals surface area contributed by atoms with E-state index in [0.29, 0.717) is 12.1 Å². The number of anilines is 1. The van der Waals surface area contributed by atoms with Crippen LogP contribution in [0.15, 0.2) is 48.5 Å². The number of alkyl carbamates (subject to hydrolysis) is 1. The van der Waals surface area contributed by atoms with E-state index in [-0.39, 0.29) is 30.7 Å². The number of benzene rings is 2. The topological polar surface area (TPSA) is 151 Å². The van der Waals surface area contributed by atoms with Crippen LogP contribution in [0, 0.1) is 6.92 Å². The highest BCUT2D eigenvalue weighted by Gasteiger charge is 2.37. The number of hydrogen-bond donors (Lipinski definition) is 4. The molecule has 0 aliphatic carbocycles. The number of ether oxygens (including phenoxy) is 1. The first-order chi connectivity index (χ1) is 19.8. The van der Waals surface area contributed by atoms with Crippen molar-refractivity contribution >= 4 is 29.5 Å². The van der Waals surface area contributed by atoms with Crippen LogP contribution in [0.2, 0.25) is 0 Å². The maximum Gasteiger partial charge on any atom is 0.408 e. The van der Waals surface area contributed by atoms with Gasteiger partial charge in [-0.1, -0.05) is 69.0 Å². The standard InChI is InChI=1S/C32H46N4O6/c1-6-7-8-9-14-21-36(30(40)25(19-20-27(33)38)35-31(41)42-32(3,4)5)28(23-16-11-13-18-26(23)37)29(39)34-24-17-12-10-15-22(24)2/h10-13,15-18,25,28,37H,6-9,14,19-21H2,1-5H3,(H2,33,38)(H,34,39)(H,35,41). The van der Waals surface area contributed by atoms with E-state index < -0.39 is 41.5 Å². The van der Waals surface area contributed by atoms with Gasteiger partial charge >= 0.3 is 6.09 Å². The Morgan fingerprint density at radius 1 is 0.976 bits per heavy atom. The summed E-state index contributed by atoms with van der Waals surface area (Å²) in [7, 11) is 0. The fraction of sp³-hybridized carbons (Fsp3) is 0.500. The molecule has 0 bridgehead atoms. The summed E-state index contributed by atoms with van der Waals surface area (Å²) in [6.45, 7) is 9.21. The van der Waals surface area contributed by atoms with Gasteiger partial charge in [0.15, 0.2) is 0 Å². The van der Waals surface area contributed by atoms with Crippen molar-refractivity contribution in [2.24, 2.45) is 5.73 Å². The van der Waals surface area contributed by atoms with E-state index in [2.05, 4.69) is 17.6 Å². The minimum Gasteiger partial charge on any atom is -0.508 e. The predicted octanol–water partition coefficient (Wildman–Crippen LogP) is 5.34. The molecule has 0 radical (unpaired) electrons. The Morgan fingerprint density at radius 3 is 2.24 bits per heavy atom. The van der Waals surface area contributed by atoms with Gasteiger partial charge in [-0.05, 0) is 58.2 Å². The molecule has 5 N–H and O–H groups in total. The van der Waals surface area contributed by atoms with Crippen LogP contribution in [0.5, 0.6) is 5.75 Å². The molecular formula is C32H46N4O6. The monoisotopic (exact) mass is 582 g/mol. The highest BCUT2D eigenvalue weighted by atomic mass is 16.6. The number of phenols is 1. The number of nitrogens with zero attached hydrogens (tertiary/aromatic N) is 1. The molecule has 10 heteroatoms. The van der Waals surface area contributed by atoms with E-state index in [1.54, 1.807) is 51.1 Å². The fourth-order valence-electron chi connectivity index (χ4n) is 4.53. The van der Waals surface area contributed by atoms with Crippen molar-refractivity contribution in [1.82, 2.24) is 10.2 Å². The summed E-state index contributed by atoms with van der Waals surface area (Å²) in [5.74, 6) is -1.91. The van der Waals surface area contributed by atoms with Crippen LogP contribution < -0.4 is 16.4 Å². The van der Waals surface area contributed by atoms with E-state index in [9.17, 15) is 24.3 Å². The minimum atomic E-state index is -1.24. The molecule has 0 saturated heterocycles. The number of para-hydroxylation sites is 2. The number of carbonyl (C=O) groups is 4. The fourth-order valence-corrected chi connectivity index (χ4v) is 4.53. The molecule has 42 heavy (non-hydrogen) atoms. The Hall–Kier alpha value is -4.08. The summed E-state index contributed by atoms with van der Waals surface area (Å²) in [4.78, 5) is 54.1. The summed E-state index contributed by atoms with van der Waals surface area (Å²) < 4.78 is 5.38. The number of aryl methyl sites for hydroxylation is 1. The molecule has 2 aromatic rings. The first kappa shape index (κ1) is 34.1. The SMILES string of the molecule is CCCCCCCN(C(=O)C(CCC(N)=O)NC(=O)OC(C)(C)C)C(C(=O)Nc1ccccc1C)c1ccccc1O. The van der Waals surface area contributed by atoms with Crippen molar-refractivity contribution in [2.75, 3.05) is 11.9 Å². The smallest absolute Gasteiger partial charge is 0.408 e. The molecule has 10 nitrogen and oxygen atoms in total. The third-order valence-electron chi connectivity index (χ3n) is 6.65.